The quantitative estimate of drug-likeness (QED) is 0.262. The van der Waals surface area contributed by atoms with Gasteiger partial charge in [0.05, 0.1) is 0 Å². The first-order chi connectivity index (χ1) is 18.7. The van der Waals surface area contributed by atoms with Gasteiger partial charge >= 0.3 is 0 Å². The maximum absolute atomic E-state index is 13.7. The number of hydrogen-bond donors (Lipinski definition) is 2. The standard InChI is InChI=1S/C35H46FN3/c1-7-9-33(8-2)39-20-18-35(19-21-39,37-24-28(6)38-32-16-17-34(36)27(5)23-32)31-14-12-29(13-15-31)30-11-10-25(3)26(4)22-30/h10-17,22-23,33,37-38H,6-9,18-21,24H2,1-5H3. The molecule has 0 aliphatic carbocycles. The highest BCUT2D eigenvalue weighted by atomic mass is 19.1. The van der Waals surface area contributed by atoms with Gasteiger partial charge < -0.3 is 15.5 Å². The number of aryl methyl sites for hydroxylation is 3. The van der Waals surface area contributed by atoms with Crippen LogP contribution in [0.2, 0.25) is 0 Å². The number of benzene rings is 3. The summed E-state index contributed by atoms with van der Waals surface area (Å²) in [7, 11) is 0. The lowest BCUT2D eigenvalue weighted by atomic mass is 9.79. The molecule has 2 N–H and O–H groups in total. The van der Waals surface area contributed by atoms with Crippen LogP contribution in [0.3, 0.4) is 0 Å². The summed E-state index contributed by atoms with van der Waals surface area (Å²) < 4.78 is 13.7. The van der Waals surface area contributed by atoms with E-state index in [9.17, 15) is 4.39 Å². The van der Waals surface area contributed by atoms with Crippen molar-refractivity contribution in [2.24, 2.45) is 0 Å². The van der Waals surface area contributed by atoms with Gasteiger partial charge in [0.25, 0.3) is 0 Å². The van der Waals surface area contributed by atoms with Gasteiger partial charge in [0.2, 0.25) is 0 Å². The van der Waals surface area contributed by atoms with Crippen molar-refractivity contribution in [3.05, 3.63) is 101 Å². The van der Waals surface area contributed by atoms with Crippen molar-refractivity contribution in [2.75, 3.05) is 25.0 Å². The smallest absolute Gasteiger partial charge is 0.126 e. The van der Waals surface area contributed by atoms with Gasteiger partial charge in [0.15, 0.2) is 0 Å². The van der Waals surface area contributed by atoms with Gasteiger partial charge in [-0.1, -0.05) is 69.3 Å². The topological polar surface area (TPSA) is 27.3 Å². The monoisotopic (exact) mass is 527 g/mol. The number of nitrogens with one attached hydrogen (secondary N) is 2. The first-order valence-corrected chi connectivity index (χ1v) is 14.6. The van der Waals surface area contributed by atoms with E-state index >= 15 is 0 Å². The number of rotatable bonds is 11. The van der Waals surface area contributed by atoms with E-state index in [2.05, 4.69) is 92.3 Å². The number of halogens is 1. The van der Waals surface area contributed by atoms with Gasteiger partial charge in [-0.2, -0.15) is 0 Å². The summed E-state index contributed by atoms with van der Waals surface area (Å²) in [4.78, 5) is 2.70. The molecule has 1 fully saturated rings. The summed E-state index contributed by atoms with van der Waals surface area (Å²) in [5, 5.41) is 7.30. The van der Waals surface area contributed by atoms with Gasteiger partial charge in [-0.3, -0.25) is 0 Å². The Morgan fingerprint density at radius 3 is 2.21 bits per heavy atom. The van der Waals surface area contributed by atoms with Gasteiger partial charge in [0.1, 0.15) is 5.82 Å². The van der Waals surface area contributed by atoms with Crippen molar-refractivity contribution in [2.45, 2.75) is 78.3 Å². The van der Waals surface area contributed by atoms with Crippen LogP contribution in [0.1, 0.15) is 68.2 Å². The molecule has 1 aliphatic heterocycles. The lowest BCUT2D eigenvalue weighted by molar-refractivity contribution is 0.0914. The molecule has 4 heteroatoms. The SMILES string of the molecule is C=C(CNC1(c2ccc(-c3ccc(C)c(C)c3)cc2)CCN(C(CC)CCC)CC1)Nc1ccc(F)c(C)c1. The molecule has 0 spiro atoms. The second-order valence-electron chi connectivity index (χ2n) is 11.4. The highest BCUT2D eigenvalue weighted by molar-refractivity contribution is 5.65. The summed E-state index contributed by atoms with van der Waals surface area (Å²) in [5.41, 5.74) is 8.76. The van der Waals surface area contributed by atoms with Crippen molar-refractivity contribution in [1.29, 1.82) is 0 Å². The van der Waals surface area contributed by atoms with Crippen LogP contribution in [0.25, 0.3) is 11.1 Å². The Hall–Kier alpha value is -2.95. The summed E-state index contributed by atoms with van der Waals surface area (Å²) >= 11 is 0. The molecule has 1 heterocycles. The van der Waals surface area contributed by atoms with E-state index in [1.165, 1.54) is 53.1 Å². The zero-order valence-corrected chi connectivity index (χ0v) is 24.5. The van der Waals surface area contributed by atoms with E-state index < -0.39 is 0 Å². The molecule has 1 unspecified atom stereocenters. The number of anilines is 1. The number of likely N-dealkylation sites (tertiary alicyclic amines) is 1. The Morgan fingerprint density at radius 2 is 1.59 bits per heavy atom. The van der Waals surface area contributed by atoms with Crippen LogP contribution in [0.4, 0.5) is 10.1 Å². The fourth-order valence-corrected chi connectivity index (χ4v) is 5.97. The average molecular weight is 528 g/mol. The Kier molecular flexibility index (Phi) is 9.63. The Balaban J connectivity index is 1.53. The molecule has 1 atom stereocenters. The Labute approximate surface area is 235 Å². The van der Waals surface area contributed by atoms with Gasteiger partial charge in [-0.05, 0) is 98.0 Å². The van der Waals surface area contributed by atoms with Crippen LogP contribution < -0.4 is 10.6 Å². The first kappa shape index (κ1) is 29.0. The van der Waals surface area contributed by atoms with Crippen LogP contribution in [-0.4, -0.2) is 30.6 Å². The maximum atomic E-state index is 13.7. The predicted octanol–water partition coefficient (Wildman–Crippen LogP) is 8.50. The number of piperidine rings is 1. The van der Waals surface area contributed by atoms with E-state index in [-0.39, 0.29) is 11.4 Å². The van der Waals surface area contributed by atoms with Crippen LogP contribution in [-0.2, 0) is 5.54 Å². The lowest BCUT2D eigenvalue weighted by Crippen LogP contribution is -2.53. The molecule has 39 heavy (non-hydrogen) atoms. The molecule has 1 aliphatic rings. The fraction of sp³-hybridized carbons (Fsp3) is 0.429. The number of nitrogens with zero attached hydrogens (tertiary/aromatic N) is 1. The highest BCUT2D eigenvalue weighted by Gasteiger charge is 2.37. The van der Waals surface area contributed by atoms with Crippen LogP contribution >= 0.6 is 0 Å². The highest BCUT2D eigenvalue weighted by Crippen LogP contribution is 2.36. The molecular weight excluding hydrogens is 481 g/mol. The Bertz CT molecular complexity index is 1260. The van der Waals surface area contributed by atoms with Crippen LogP contribution in [0, 0.1) is 26.6 Å². The molecule has 3 aromatic rings. The van der Waals surface area contributed by atoms with E-state index in [0.717, 1.165) is 37.3 Å². The molecule has 1 saturated heterocycles. The second kappa shape index (κ2) is 12.9. The maximum Gasteiger partial charge on any atom is 0.126 e. The third-order valence-corrected chi connectivity index (χ3v) is 8.66. The van der Waals surface area contributed by atoms with Crippen molar-refractivity contribution in [1.82, 2.24) is 10.2 Å². The lowest BCUT2D eigenvalue weighted by Gasteiger charge is -2.45. The summed E-state index contributed by atoms with van der Waals surface area (Å²) in [6, 6.07) is 21.7. The predicted molar refractivity (Wildman–Crippen MR) is 165 cm³/mol. The fourth-order valence-electron chi connectivity index (χ4n) is 5.97. The average Bonchev–Trinajstić information content (AvgIpc) is 2.94. The van der Waals surface area contributed by atoms with Crippen molar-refractivity contribution < 1.29 is 4.39 Å². The molecule has 208 valence electrons. The minimum absolute atomic E-state index is 0.119. The number of hydrogen-bond acceptors (Lipinski definition) is 3. The first-order valence-electron chi connectivity index (χ1n) is 14.6. The van der Waals surface area contributed by atoms with Gasteiger partial charge in [0, 0.05) is 42.6 Å². The van der Waals surface area contributed by atoms with Crippen molar-refractivity contribution in [3.8, 4) is 11.1 Å². The molecule has 4 rings (SSSR count). The molecular formula is C35H46FN3. The van der Waals surface area contributed by atoms with E-state index in [1.807, 2.05) is 6.07 Å². The van der Waals surface area contributed by atoms with E-state index in [1.54, 1.807) is 13.0 Å². The summed E-state index contributed by atoms with van der Waals surface area (Å²) in [6.07, 6.45) is 5.81. The zero-order valence-electron chi connectivity index (χ0n) is 24.5. The van der Waals surface area contributed by atoms with Gasteiger partial charge in [-0.15, -0.1) is 0 Å². The van der Waals surface area contributed by atoms with Gasteiger partial charge in [-0.25, -0.2) is 4.39 Å². The van der Waals surface area contributed by atoms with Crippen molar-refractivity contribution in [3.63, 3.8) is 0 Å². The summed E-state index contributed by atoms with van der Waals surface area (Å²) in [6.45, 7) is 17.8. The molecule has 0 aromatic heterocycles. The molecule has 0 saturated carbocycles. The van der Waals surface area contributed by atoms with E-state index in [0.29, 0.717) is 18.2 Å². The largest absolute Gasteiger partial charge is 0.358 e. The minimum atomic E-state index is -0.187. The third-order valence-electron chi connectivity index (χ3n) is 8.66. The summed E-state index contributed by atoms with van der Waals surface area (Å²) in [5.74, 6) is -0.187. The minimum Gasteiger partial charge on any atom is -0.358 e. The van der Waals surface area contributed by atoms with E-state index in [4.69, 9.17) is 0 Å². The zero-order chi connectivity index (χ0) is 28.0. The van der Waals surface area contributed by atoms with Crippen LogP contribution in [0.15, 0.2) is 72.9 Å². The second-order valence-corrected chi connectivity index (χ2v) is 11.4. The molecule has 0 radical (unpaired) electrons. The molecule has 0 amide bonds. The Morgan fingerprint density at radius 1 is 0.897 bits per heavy atom. The van der Waals surface area contributed by atoms with Crippen LogP contribution in [0.5, 0.6) is 0 Å². The molecule has 3 nitrogen and oxygen atoms in total. The molecule has 0 bridgehead atoms. The molecule has 3 aromatic carbocycles. The third kappa shape index (κ3) is 6.98. The normalized spacial score (nSPS) is 16.2. The van der Waals surface area contributed by atoms with Crippen molar-refractivity contribution >= 4 is 5.69 Å².